The number of carbonyl (C=O) groups is 2. The molecule has 1 heterocycles. The van der Waals surface area contributed by atoms with Crippen LogP contribution in [0.25, 0.3) is 11.4 Å². The molecule has 3 rings (SSSR count). The highest BCUT2D eigenvalue weighted by Gasteiger charge is 2.16. The minimum absolute atomic E-state index is 0.00338. The molecule has 0 unspecified atom stereocenters. The number of anilines is 1. The third kappa shape index (κ3) is 5.19. The SMILES string of the molecule is COC(=O)c1cnc(-c2cc(NC(=O)c3ccc(S(C)(=O)=O)cc3Cl)ccc2Cl)nc1. The smallest absolute Gasteiger partial charge is 0.341 e. The normalized spacial score (nSPS) is 11.1. The molecular formula is C20H15Cl2N3O5S. The van der Waals surface area contributed by atoms with Crippen LogP contribution in [0.1, 0.15) is 20.7 Å². The van der Waals surface area contributed by atoms with Crippen LogP contribution in [-0.4, -0.2) is 43.6 Å². The van der Waals surface area contributed by atoms with Crippen molar-refractivity contribution in [2.24, 2.45) is 0 Å². The van der Waals surface area contributed by atoms with Gasteiger partial charge in [0.2, 0.25) is 0 Å². The molecule has 0 saturated carbocycles. The number of esters is 1. The highest BCUT2D eigenvalue weighted by atomic mass is 35.5. The van der Waals surface area contributed by atoms with Gasteiger partial charge in [-0.25, -0.2) is 23.2 Å². The van der Waals surface area contributed by atoms with Gasteiger partial charge in [0, 0.05) is 29.9 Å². The van der Waals surface area contributed by atoms with Crippen LogP contribution in [-0.2, 0) is 14.6 Å². The van der Waals surface area contributed by atoms with Crippen molar-refractivity contribution in [2.75, 3.05) is 18.7 Å². The first-order valence-corrected chi connectivity index (χ1v) is 11.3. The van der Waals surface area contributed by atoms with Gasteiger partial charge in [0.15, 0.2) is 15.7 Å². The van der Waals surface area contributed by atoms with Gasteiger partial charge < -0.3 is 10.1 Å². The molecule has 160 valence electrons. The van der Waals surface area contributed by atoms with Gasteiger partial charge in [-0.15, -0.1) is 0 Å². The monoisotopic (exact) mass is 479 g/mol. The van der Waals surface area contributed by atoms with Crippen LogP contribution in [0.15, 0.2) is 53.7 Å². The number of carbonyl (C=O) groups excluding carboxylic acids is 2. The predicted molar refractivity (Wildman–Crippen MR) is 116 cm³/mol. The summed E-state index contributed by atoms with van der Waals surface area (Å²) in [5.74, 6) is -0.873. The van der Waals surface area contributed by atoms with Crippen molar-refractivity contribution in [3.63, 3.8) is 0 Å². The second-order valence-corrected chi connectivity index (χ2v) is 9.18. The van der Waals surface area contributed by atoms with Gasteiger partial charge in [-0.2, -0.15) is 0 Å². The Labute approximate surface area is 188 Å². The maximum Gasteiger partial charge on any atom is 0.341 e. The minimum Gasteiger partial charge on any atom is -0.465 e. The Morgan fingerprint density at radius 2 is 1.68 bits per heavy atom. The van der Waals surface area contributed by atoms with Crippen molar-refractivity contribution in [2.45, 2.75) is 4.90 Å². The van der Waals surface area contributed by atoms with Gasteiger partial charge in [0.25, 0.3) is 5.91 Å². The highest BCUT2D eigenvalue weighted by molar-refractivity contribution is 7.90. The van der Waals surface area contributed by atoms with Crippen molar-refractivity contribution in [1.82, 2.24) is 9.97 Å². The molecule has 11 heteroatoms. The predicted octanol–water partition coefficient (Wildman–Crippen LogP) is 3.89. The maximum absolute atomic E-state index is 12.6. The molecule has 1 amide bonds. The van der Waals surface area contributed by atoms with E-state index in [1.165, 1.54) is 37.7 Å². The Morgan fingerprint density at radius 3 is 2.26 bits per heavy atom. The fourth-order valence-corrected chi connectivity index (χ4v) is 3.75. The van der Waals surface area contributed by atoms with E-state index in [2.05, 4.69) is 20.0 Å². The average molecular weight is 480 g/mol. The number of benzene rings is 2. The topological polar surface area (TPSA) is 115 Å². The van der Waals surface area contributed by atoms with Crippen LogP contribution in [0, 0.1) is 0 Å². The molecule has 1 N–H and O–H groups in total. The van der Waals surface area contributed by atoms with E-state index < -0.39 is 21.7 Å². The molecule has 0 spiro atoms. The van der Waals surface area contributed by atoms with E-state index in [9.17, 15) is 18.0 Å². The summed E-state index contributed by atoms with van der Waals surface area (Å²) in [5, 5.41) is 3.00. The first-order chi connectivity index (χ1) is 14.6. The van der Waals surface area contributed by atoms with Crippen LogP contribution in [0.2, 0.25) is 10.0 Å². The number of ether oxygens (including phenoxy) is 1. The zero-order valence-electron chi connectivity index (χ0n) is 16.2. The van der Waals surface area contributed by atoms with E-state index in [0.29, 0.717) is 16.3 Å². The Balaban J connectivity index is 1.87. The molecule has 2 aromatic carbocycles. The lowest BCUT2D eigenvalue weighted by Crippen LogP contribution is -2.13. The summed E-state index contributed by atoms with van der Waals surface area (Å²) in [6.07, 6.45) is 3.66. The highest BCUT2D eigenvalue weighted by Crippen LogP contribution is 2.29. The van der Waals surface area contributed by atoms with E-state index in [-0.39, 0.29) is 26.9 Å². The van der Waals surface area contributed by atoms with E-state index in [4.69, 9.17) is 23.2 Å². The number of halogens is 2. The van der Waals surface area contributed by atoms with Crippen LogP contribution < -0.4 is 5.32 Å². The van der Waals surface area contributed by atoms with Crippen molar-refractivity contribution >= 4 is 50.6 Å². The molecule has 0 atom stereocenters. The lowest BCUT2D eigenvalue weighted by Gasteiger charge is -2.10. The molecule has 0 aliphatic heterocycles. The summed E-state index contributed by atoms with van der Waals surface area (Å²) in [5.41, 5.74) is 1.09. The Kier molecular flexibility index (Phi) is 6.59. The summed E-state index contributed by atoms with van der Waals surface area (Å²) in [6, 6.07) is 8.55. The first kappa shape index (κ1) is 22.7. The summed E-state index contributed by atoms with van der Waals surface area (Å²) in [4.78, 5) is 32.4. The van der Waals surface area contributed by atoms with Crippen molar-refractivity contribution in [3.05, 3.63) is 70.0 Å². The van der Waals surface area contributed by atoms with Crippen molar-refractivity contribution < 1.29 is 22.7 Å². The van der Waals surface area contributed by atoms with Gasteiger partial charge in [-0.1, -0.05) is 23.2 Å². The second-order valence-electron chi connectivity index (χ2n) is 6.35. The van der Waals surface area contributed by atoms with Gasteiger partial charge in [-0.05, 0) is 36.4 Å². The summed E-state index contributed by atoms with van der Waals surface area (Å²) >= 11 is 12.3. The van der Waals surface area contributed by atoms with Gasteiger partial charge in [-0.3, -0.25) is 4.79 Å². The molecule has 1 aromatic heterocycles. The molecule has 0 aliphatic carbocycles. The van der Waals surface area contributed by atoms with E-state index in [0.717, 1.165) is 6.26 Å². The Morgan fingerprint density at radius 1 is 1.00 bits per heavy atom. The number of hydrogen-bond donors (Lipinski definition) is 1. The van der Waals surface area contributed by atoms with Crippen molar-refractivity contribution in [3.8, 4) is 11.4 Å². The summed E-state index contributed by atoms with van der Waals surface area (Å²) in [7, 11) is -2.20. The molecule has 8 nitrogen and oxygen atoms in total. The average Bonchev–Trinajstić information content (AvgIpc) is 2.73. The van der Waals surface area contributed by atoms with Crippen LogP contribution >= 0.6 is 23.2 Å². The van der Waals surface area contributed by atoms with E-state index in [1.807, 2.05) is 0 Å². The maximum atomic E-state index is 12.6. The van der Waals surface area contributed by atoms with Crippen LogP contribution in [0.4, 0.5) is 5.69 Å². The number of sulfone groups is 1. The Bertz CT molecular complexity index is 1280. The van der Waals surface area contributed by atoms with Gasteiger partial charge in [0.1, 0.15) is 0 Å². The number of nitrogens with zero attached hydrogens (tertiary/aromatic N) is 2. The molecule has 0 aliphatic rings. The summed E-state index contributed by atoms with van der Waals surface area (Å²) in [6.45, 7) is 0. The van der Waals surface area contributed by atoms with Gasteiger partial charge >= 0.3 is 5.97 Å². The largest absolute Gasteiger partial charge is 0.465 e. The second kappa shape index (κ2) is 9.01. The quantitative estimate of drug-likeness (QED) is 0.551. The Hall–Kier alpha value is -3.01. The molecule has 0 radical (unpaired) electrons. The van der Waals surface area contributed by atoms with E-state index in [1.54, 1.807) is 18.2 Å². The minimum atomic E-state index is -3.45. The number of nitrogens with one attached hydrogen (secondary N) is 1. The number of methoxy groups -OCH3 is 1. The van der Waals surface area contributed by atoms with E-state index >= 15 is 0 Å². The fourth-order valence-electron chi connectivity index (χ4n) is 2.57. The molecule has 3 aromatic rings. The van der Waals surface area contributed by atoms with Crippen LogP contribution in [0.3, 0.4) is 0 Å². The number of hydrogen-bond acceptors (Lipinski definition) is 7. The first-order valence-electron chi connectivity index (χ1n) is 8.61. The number of aromatic nitrogens is 2. The molecule has 0 bridgehead atoms. The molecular weight excluding hydrogens is 465 g/mol. The van der Waals surface area contributed by atoms with Gasteiger partial charge in [0.05, 0.1) is 33.2 Å². The lowest BCUT2D eigenvalue weighted by molar-refractivity contribution is 0.0599. The standard InChI is InChI=1S/C20H15Cl2N3O5S/c1-30-20(27)11-9-23-18(24-10-11)15-7-12(3-6-16(15)21)25-19(26)14-5-4-13(8-17(14)22)31(2,28)29/h3-10H,1-2H3,(H,25,26). The zero-order chi connectivity index (χ0) is 22.8. The lowest BCUT2D eigenvalue weighted by atomic mass is 10.1. The molecule has 31 heavy (non-hydrogen) atoms. The third-order valence-electron chi connectivity index (χ3n) is 4.15. The number of rotatable bonds is 5. The zero-order valence-corrected chi connectivity index (χ0v) is 18.5. The fraction of sp³-hybridized carbons (Fsp3) is 0.100. The van der Waals surface area contributed by atoms with Crippen LogP contribution in [0.5, 0.6) is 0 Å². The number of amides is 1. The molecule has 0 fully saturated rings. The third-order valence-corrected chi connectivity index (χ3v) is 5.90. The molecule has 0 saturated heterocycles. The summed E-state index contributed by atoms with van der Waals surface area (Å²) < 4.78 is 27.9. The van der Waals surface area contributed by atoms with Crippen molar-refractivity contribution in [1.29, 1.82) is 0 Å².